The van der Waals surface area contributed by atoms with Crippen molar-refractivity contribution in [2.45, 2.75) is 12.5 Å². The highest BCUT2D eigenvalue weighted by Crippen LogP contribution is 2.31. The molecule has 0 aromatic heterocycles. The summed E-state index contributed by atoms with van der Waals surface area (Å²) >= 11 is 0. The van der Waals surface area contributed by atoms with Crippen LogP contribution < -0.4 is 15.0 Å². The number of ether oxygens (including phenoxy) is 1. The van der Waals surface area contributed by atoms with E-state index in [1.54, 1.807) is 7.11 Å². The molecule has 6 heteroatoms. The summed E-state index contributed by atoms with van der Waals surface area (Å²) < 4.78 is 5.19. The maximum Gasteiger partial charge on any atom is 0.251 e. The molecule has 2 aliphatic heterocycles. The Morgan fingerprint density at radius 2 is 1.77 bits per heavy atom. The first-order valence-electron chi connectivity index (χ1n) is 10.7. The zero-order valence-electron chi connectivity index (χ0n) is 18.2. The second-order valence-electron chi connectivity index (χ2n) is 8.35. The summed E-state index contributed by atoms with van der Waals surface area (Å²) in [5.74, 6) is 0.711. The molecule has 0 aliphatic carbocycles. The third-order valence-electron chi connectivity index (χ3n) is 6.40. The van der Waals surface area contributed by atoms with E-state index in [1.165, 1.54) is 16.8 Å². The van der Waals surface area contributed by atoms with Crippen LogP contribution in [0.5, 0.6) is 5.75 Å². The minimum Gasteiger partial charge on any atom is -0.497 e. The Hall–Kier alpha value is -2.57. The fraction of sp³-hybridized carbons (Fsp3) is 0.458. The molecule has 2 aromatic rings. The van der Waals surface area contributed by atoms with Gasteiger partial charge in [-0.1, -0.05) is 12.1 Å². The maximum absolute atomic E-state index is 12.8. The van der Waals surface area contributed by atoms with E-state index in [9.17, 15) is 4.79 Å². The number of piperazine rings is 1. The van der Waals surface area contributed by atoms with Crippen LogP contribution in [-0.2, 0) is 6.42 Å². The van der Waals surface area contributed by atoms with E-state index in [2.05, 4.69) is 52.3 Å². The lowest BCUT2D eigenvalue weighted by molar-refractivity contribution is 0.0886. The van der Waals surface area contributed by atoms with E-state index in [1.807, 2.05) is 24.3 Å². The van der Waals surface area contributed by atoms with Crippen molar-refractivity contribution >= 4 is 11.6 Å². The van der Waals surface area contributed by atoms with Gasteiger partial charge in [0.25, 0.3) is 5.91 Å². The topological polar surface area (TPSA) is 48.1 Å². The van der Waals surface area contributed by atoms with Crippen LogP contribution in [-0.4, -0.2) is 76.2 Å². The molecule has 1 fully saturated rings. The summed E-state index contributed by atoms with van der Waals surface area (Å²) in [5.41, 5.74) is 4.70. The summed E-state index contributed by atoms with van der Waals surface area (Å²) in [5, 5.41) is 3.17. The Kier molecular flexibility index (Phi) is 6.25. The SMILES string of the molecule is COc1ccc(C(=O)NCC(c2ccc3c(c2)CCN3C)N2CCN(C)CC2)cc1. The molecule has 0 radical (unpaired) electrons. The van der Waals surface area contributed by atoms with Gasteiger partial charge in [-0.05, 0) is 54.9 Å². The number of rotatable bonds is 6. The first-order valence-corrected chi connectivity index (χ1v) is 10.7. The van der Waals surface area contributed by atoms with Crippen LogP contribution in [0.2, 0.25) is 0 Å². The normalized spacial score (nSPS) is 18.2. The van der Waals surface area contributed by atoms with Gasteiger partial charge in [0.1, 0.15) is 5.75 Å². The monoisotopic (exact) mass is 408 g/mol. The van der Waals surface area contributed by atoms with E-state index < -0.39 is 0 Å². The third kappa shape index (κ3) is 4.45. The molecule has 4 rings (SSSR count). The number of likely N-dealkylation sites (N-methyl/N-ethyl adjacent to an activating group) is 2. The Morgan fingerprint density at radius 1 is 1.03 bits per heavy atom. The molecule has 0 saturated carbocycles. The van der Waals surface area contributed by atoms with Gasteiger partial charge in [-0.15, -0.1) is 0 Å². The van der Waals surface area contributed by atoms with Crippen LogP contribution in [0.25, 0.3) is 0 Å². The molecule has 1 unspecified atom stereocenters. The quantitative estimate of drug-likeness (QED) is 0.796. The number of hydrogen-bond donors (Lipinski definition) is 1. The maximum atomic E-state index is 12.8. The molecule has 0 spiro atoms. The number of benzene rings is 2. The van der Waals surface area contributed by atoms with Crippen molar-refractivity contribution in [1.82, 2.24) is 15.1 Å². The van der Waals surface area contributed by atoms with Gasteiger partial charge in [-0.2, -0.15) is 0 Å². The summed E-state index contributed by atoms with van der Waals surface area (Å²) in [6, 6.07) is 14.3. The van der Waals surface area contributed by atoms with Crippen LogP contribution in [0.4, 0.5) is 5.69 Å². The number of hydrogen-bond acceptors (Lipinski definition) is 5. The predicted octanol–water partition coefficient (Wildman–Crippen LogP) is 2.41. The summed E-state index contributed by atoms with van der Waals surface area (Å²) in [6.45, 7) is 5.80. The van der Waals surface area contributed by atoms with Crippen LogP contribution in [0, 0.1) is 0 Å². The zero-order valence-corrected chi connectivity index (χ0v) is 18.2. The van der Waals surface area contributed by atoms with Gasteiger partial charge in [-0.25, -0.2) is 0 Å². The number of nitrogens with zero attached hydrogens (tertiary/aromatic N) is 3. The van der Waals surface area contributed by atoms with Crippen molar-refractivity contribution < 1.29 is 9.53 Å². The van der Waals surface area contributed by atoms with Crippen molar-refractivity contribution in [2.24, 2.45) is 0 Å². The lowest BCUT2D eigenvalue weighted by atomic mass is 10.00. The third-order valence-corrected chi connectivity index (χ3v) is 6.40. The van der Waals surface area contributed by atoms with Gasteiger partial charge in [0.05, 0.1) is 13.2 Å². The number of carbonyl (C=O) groups is 1. The summed E-state index contributed by atoms with van der Waals surface area (Å²) in [4.78, 5) is 19.9. The van der Waals surface area contributed by atoms with E-state index in [4.69, 9.17) is 4.74 Å². The minimum atomic E-state index is -0.0438. The molecule has 2 aromatic carbocycles. The first-order chi connectivity index (χ1) is 14.5. The van der Waals surface area contributed by atoms with Gasteiger partial charge in [0, 0.05) is 57.6 Å². The number of fused-ring (bicyclic) bond motifs is 1. The smallest absolute Gasteiger partial charge is 0.251 e. The second-order valence-corrected chi connectivity index (χ2v) is 8.35. The minimum absolute atomic E-state index is 0.0438. The van der Waals surface area contributed by atoms with Crippen molar-refractivity contribution in [3.63, 3.8) is 0 Å². The van der Waals surface area contributed by atoms with Crippen molar-refractivity contribution in [1.29, 1.82) is 0 Å². The number of nitrogens with one attached hydrogen (secondary N) is 1. The number of amides is 1. The van der Waals surface area contributed by atoms with Crippen molar-refractivity contribution in [3.05, 3.63) is 59.2 Å². The number of anilines is 1. The Bertz CT molecular complexity index is 875. The number of methoxy groups -OCH3 is 1. The number of carbonyl (C=O) groups excluding carboxylic acids is 1. The highest BCUT2D eigenvalue weighted by molar-refractivity contribution is 5.94. The summed E-state index contributed by atoms with van der Waals surface area (Å²) in [7, 11) is 5.95. The van der Waals surface area contributed by atoms with E-state index in [-0.39, 0.29) is 11.9 Å². The lowest BCUT2D eigenvalue weighted by Crippen LogP contribution is -2.48. The Labute approximate surface area is 179 Å². The summed E-state index contributed by atoms with van der Waals surface area (Å²) in [6.07, 6.45) is 1.09. The van der Waals surface area contributed by atoms with Crippen LogP contribution in [0.15, 0.2) is 42.5 Å². The lowest BCUT2D eigenvalue weighted by Gasteiger charge is -2.38. The largest absolute Gasteiger partial charge is 0.497 e. The van der Waals surface area contributed by atoms with Crippen LogP contribution in [0.3, 0.4) is 0 Å². The van der Waals surface area contributed by atoms with Gasteiger partial charge in [0.15, 0.2) is 0 Å². The van der Waals surface area contributed by atoms with Crippen molar-refractivity contribution in [3.8, 4) is 5.75 Å². The molecule has 1 N–H and O–H groups in total. The van der Waals surface area contributed by atoms with E-state index in [0.717, 1.165) is 44.9 Å². The standard InChI is InChI=1S/C24H32N4O2/c1-26-12-14-28(15-13-26)23(19-6-9-22-20(16-19)10-11-27(22)2)17-25-24(29)18-4-7-21(30-3)8-5-18/h4-9,16,23H,10-15,17H2,1-3H3,(H,25,29). The molecule has 2 aliphatic rings. The van der Waals surface area contributed by atoms with Crippen LogP contribution in [0.1, 0.15) is 27.5 Å². The Balaban J connectivity index is 1.51. The molecule has 160 valence electrons. The van der Waals surface area contributed by atoms with Gasteiger partial charge in [-0.3, -0.25) is 9.69 Å². The van der Waals surface area contributed by atoms with E-state index in [0.29, 0.717) is 12.1 Å². The first kappa shape index (κ1) is 20.7. The highest BCUT2D eigenvalue weighted by Gasteiger charge is 2.26. The predicted molar refractivity (Wildman–Crippen MR) is 121 cm³/mol. The van der Waals surface area contributed by atoms with E-state index >= 15 is 0 Å². The zero-order chi connectivity index (χ0) is 21.1. The molecule has 0 bridgehead atoms. The van der Waals surface area contributed by atoms with Gasteiger partial charge in [0.2, 0.25) is 0 Å². The van der Waals surface area contributed by atoms with Crippen LogP contribution >= 0.6 is 0 Å². The van der Waals surface area contributed by atoms with Gasteiger partial charge >= 0.3 is 0 Å². The average molecular weight is 409 g/mol. The molecule has 1 saturated heterocycles. The molecular formula is C24H32N4O2. The highest BCUT2D eigenvalue weighted by atomic mass is 16.5. The Morgan fingerprint density at radius 3 is 2.47 bits per heavy atom. The molecule has 2 heterocycles. The second kappa shape index (κ2) is 9.06. The average Bonchev–Trinajstić information content (AvgIpc) is 3.15. The fourth-order valence-electron chi connectivity index (χ4n) is 4.42. The molecule has 6 nitrogen and oxygen atoms in total. The fourth-order valence-corrected chi connectivity index (χ4v) is 4.42. The molecule has 30 heavy (non-hydrogen) atoms. The van der Waals surface area contributed by atoms with Crippen molar-refractivity contribution in [2.75, 3.05) is 65.4 Å². The molecular weight excluding hydrogens is 376 g/mol. The van der Waals surface area contributed by atoms with Gasteiger partial charge < -0.3 is 19.9 Å². The molecule has 1 atom stereocenters. The molecule has 1 amide bonds.